The molecule has 0 aliphatic carbocycles. The second-order valence-corrected chi connectivity index (χ2v) is 6.67. The van der Waals surface area contributed by atoms with Crippen LogP contribution in [0.15, 0.2) is 66.9 Å². The van der Waals surface area contributed by atoms with Crippen LogP contribution in [0.1, 0.15) is 30.1 Å². The monoisotopic (exact) mass is 350 g/mol. The highest BCUT2D eigenvalue weighted by Crippen LogP contribution is 2.37. The molecule has 134 valence electrons. The third-order valence-corrected chi connectivity index (χ3v) is 5.10. The molecule has 4 rings (SSSR count). The molecule has 1 atom stereocenters. The van der Waals surface area contributed by atoms with Crippen LogP contribution in [0.5, 0.6) is 5.75 Å². The molecule has 1 aliphatic rings. The van der Waals surface area contributed by atoms with Crippen LogP contribution < -0.4 is 4.74 Å². The first-order valence-corrected chi connectivity index (χ1v) is 9.08. The Balaban J connectivity index is 1.83. The molecule has 0 saturated carbocycles. The Morgan fingerprint density at radius 1 is 0.923 bits per heavy atom. The molecule has 0 N–H and O–H groups in total. The van der Waals surface area contributed by atoms with E-state index in [1.165, 1.54) is 36.2 Å². The maximum Gasteiger partial charge on any atom is 0.124 e. The molecule has 4 heteroatoms. The van der Waals surface area contributed by atoms with Gasteiger partial charge in [-0.15, -0.1) is 0 Å². The molecule has 0 spiro atoms. The SMILES string of the molecule is COc1ccccc1C(c1cccn1-c1ccc(F)cc1)N1CCCC1. The predicted molar refractivity (Wildman–Crippen MR) is 101 cm³/mol. The Morgan fingerprint density at radius 2 is 1.65 bits per heavy atom. The van der Waals surface area contributed by atoms with E-state index in [1.54, 1.807) is 7.11 Å². The molecule has 1 aliphatic heterocycles. The van der Waals surface area contributed by atoms with Crippen molar-refractivity contribution in [3.05, 3.63) is 83.9 Å². The molecule has 0 radical (unpaired) electrons. The molecular formula is C22H23FN2O. The Labute approximate surface area is 153 Å². The van der Waals surface area contributed by atoms with E-state index < -0.39 is 0 Å². The summed E-state index contributed by atoms with van der Waals surface area (Å²) in [5, 5.41) is 0. The summed E-state index contributed by atoms with van der Waals surface area (Å²) in [6.07, 6.45) is 4.47. The third-order valence-electron chi connectivity index (χ3n) is 5.10. The maximum atomic E-state index is 13.4. The molecule has 1 unspecified atom stereocenters. The summed E-state index contributed by atoms with van der Waals surface area (Å²) in [6.45, 7) is 2.13. The summed E-state index contributed by atoms with van der Waals surface area (Å²) in [5.41, 5.74) is 3.30. The van der Waals surface area contributed by atoms with E-state index in [0.717, 1.165) is 24.5 Å². The number of aromatic nitrogens is 1. The summed E-state index contributed by atoms with van der Waals surface area (Å²) >= 11 is 0. The van der Waals surface area contributed by atoms with Gasteiger partial charge >= 0.3 is 0 Å². The summed E-state index contributed by atoms with van der Waals surface area (Å²) < 4.78 is 21.2. The van der Waals surface area contributed by atoms with Gasteiger partial charge in [0.15, 0.2) is 0 Å². The van der Waals surface area contributed by atoms with Gasteiger partial charge in [-0.3, -0.25) is 4.90 Å². The smallest absolute Gasteiger partial charge is 0.124 e. The van der Waals surface area contributed by atoms with E-state index in [-0.39, 0.29) is 11.9 Å². The van der Waals surface area contributed by atoms with Gasteiger partial charge in [-0.2, -0.15) is 0 Å². The van der Waals surface area contributed by atoms with Crippen LogP contribution in [0.25, 0.3) is 5.69 Å². The molecule has 0 bridgehead atoms. The van der Waals surface area contributed by atoms with Gasteiger partial charge in [0, 0.05) is 23.1 Å². The van der Waals surface area contributed by atoms with E-state index in [1.807, 2.05) is 30.5 Å². The number of rotatable bonds is 5. The van der Waals surface area contributed by atoms with E-state index in [9.17, 15) is 4.39 Å². The minimum Gasteiger partial charge on any atom is -0.496 e. The van der Waals surface area contributed by atoms with Gasteiger partial charge in [-0.25, -0.2) is 4.39 Å². The highest BCUT2D eigenvalue weighted by molar-refractivity contribution is 5.44. The van der Waals surface area contributed by atoms with Crippen LogP contribution in [0.2, 0.25) is 0 Å². The topological polar surface area (TPSA) is 17.4 Å². The summed E-state index contributed by atoms with van der Waals surface area (Å²) in [6, 6.07) is 19.2. The minimum absolute atomic E-state index is 0.105. The van der Waals surface area contributed by atoms with Crippen LogP contribution in [0, 0.1) is 5.82 Å². The van der Waals surface area contributed by atoms with E-state index >= 15 is 0 Å². The average Bonchev–Trinajstić information content (AvgIpc) is 3.36. The molecule has 2 heterocycles. The first-order chi connectivity index (χ1) is 12.8. The lowest BCUT2D eigenvalue weighted by Gasteiger charge is -2.30. The van der Waals surface area contributed by atoms with Crippen molar-refractivity contribution >= 4 is 0 Å². The van der Waals surface area contributed by atoms with E-state index in [2.05, 4.69) is 33.7 Å². The zero-order valence-corrected chi connectivity index (χ0v) is 14.9. The van der Waals surface area contributed by atoms with Crippen molar-refractivity contribution in [3.63, 3.8) is 0 Å². The Morgan fingerprint density at radius 3 is 2.38 bits per heavy atom. The molecule has 1 fully saturated rings. The van der Waals surface area contributed by atoms with Gasteiger partial charge in [0.1, 0.15) is 11.6 Å². The maximum absolute atomic E-state index is 13.4. The average molecular weight is 350 g/mol. The van der Waals surface area contributed by atoms with Crippen molar-refractivity contribution in [1.82, 2.24) is 9.47 Å². The standard InChI is InChI=1S/C22H23FN2O/c1-26-21-9-3-2-7-19(21)22(24-14-4-5-15-24)20-8-6-16-25(20)18-12-10-17(23)11-13-18/h2-3,6-13,16,22H,4-5,14-15H2,1H3. The Bertz CT molecular complexity index is 866. The normalized spacial score (nSPS) is 15.9. The molecule has 3 aromatic rings. The fourth-order valence-electron chi connectivity index (χ4n) is 3.89. The van der Waals surface area contributed by atoms with Gasteiger partial charge in [0.25, 0.3) is 0 Å². The van der Waals surface area contributed by atoms with Crippen molar-refractivity contribution in [2.24, 2.45) is 0 Å². The molecule has 26 heavy (non-hydrogen) atoms. The van der Waals surface area contributed by atoms with Crippen LogP contribution >= 0.6 is 0 Å². The molecular weight excluding hydrogens is 327 g/mol. The number of benzene rings is 2. The number of halogens is 1. The number of ether oxygens (including phenoxy) is 1. The fraction of sp³-hybridized carbons (Fsp3) is 0.273. The van der Waals surface area contributed by atoms with Crippen molar-refractivity contribution in [2.45, 2.75) is 18.9 Å². The largest absolute Gasteiger partial charge is 0.496 e. The first kappa shape index (κ1) is 16.9. The van der Waals surface area contributed by atoms with Crippen molar-refractivity contribution in [2.75, 3.05) is 20.2 Å². The highest BCUT2D eigenvalue weighted by Gasteiger charge is 2.29. The second-order valence-electron chi connectivity index (χ2n) is 6.67. The molecule has 1 saturated heterocycles. The van der Waals surface area contributed by atoms with Crippen molar-refractivity contribution in [3.8, 4) is 11.4 Å². The van der Waals surface area contributed by atoms with Crippen molar-refractivity contribution < 1.29 is 9.13 Å². The number of hydrogen-bond acceptors (Lipinski definition) is 2. The summed E-state index contributed by atoms with van der Waals surface area (Å²) in [7, 11) is 1.72. The Kier molecular flexibility index (Phi) is 4.76. The third kappa shape index (κ3) is 3.13. The van der Waals surface area contributed by atoms with Crippen LogP contribution in [0.3, 0.4) is 0 Å². The van der Waals surface area contributed by atoms with Gasteiger partial charge in [-0.1, -0.05) is 18.2 Å². The lowest BCUT2D eigenvalue weighted by atomic mass is 10.0. The molecule has 3 nitrogen and oxygen atoms in total. The van der Waals surface area contributed by atoms with Gasteiger partial charge in [-0.05, 0) is 68.4 Å². The van der Waals surface area contributed by atoms with Crippen molar-refractivity contribution in [1.29, 1.82) is 0 Å². The van der Waals surface area contributed by atoms with Crippen LogP contribution in [-0.4, -0.2) is 29.7 Å². The number of likely N-dealkylation sites (tertiary alicyclic amines) is 1. The molecule has 0 amide bonds. The highest BCUT2D eigenvalue weighted by atomic mass is 19.1. The number of para-hydroxylation sites is 1. The molecule has 2 aromatic carbocycles. The number of hydrogen-bond donors (Lipinski definition) is 0. The minimum atomic E-state index is -0.219. The van der Waals surface area contributed by atoms with Crippen LogP contribution in [0.4, 0.5) is 4.39 Å². The first-order valence-electron chi connectivity index (χ1n) is 9.08. The lowest BCUT2D eigenvalue weighted by molar-refractivity contribution is 0.267. The number of nitrogens with zero attached hydrogens (tertiary/aromatic N) is 2. The Hall–Kier alpha value is -2.59. The van der Waals surface area contributed by atoms with Gasteiger partial charge < -0.3 is 9.30 Å². The summed E-state index contributed by atoms with van der Waals surface area (Å²) in [4.78, 5) is 2.51. The quantitative estimate of drug-likeness (QED) is 0.657. The second kappa shape index (κ2) is 7.34. The van der Waals surface area contributed by atoms with Crippen LogP contribution in [-0.2, 0) is 0 Å². The zero-order chi connectivity index (χ0) is 17.9. The molecule has 1 aromatic heterocycles. The predicted octanol–water partition coefficient (Wildman–Crippen LogP) is 4.81. The van der Waals surface area contributed by atoms with E-state index in [4.69, 9.17) is 4.74 Å². The van der Waals surface area contributed by atoms with Gasteiger partial charge in [0.2, 0.25) is 0 Å². The van der Waals surface area contributed by atoms with Gasteiger partial charge in [0.05, 0.1) is 13.2 Å². The zero-order valence-electron chi connectivity index (χ0n) is 14.9. The summed E-state index contributed by atoms with van der Waals surface area (Å²) in [5.74, 6) is 0.680. The lowest BCUT2D eigenvalue weighted by Crippen LogP contribution is -2.28. The van der Waals surface area contributed by atoms with E-state index in [0.29, 0.717) is 0 Å². The number of methoxy groups -OCH3 is 1. The fourth-order valence-corrected chi connectivity index (χ4v) is 3.89.